The zero-order valence-electron chi connectivity index (χ0n) is 14.8. The van der Waals surface area contributed by atoms with Crippen molar-refractivity contribution in [3.05, 3.63) is 95.0 Å². The average molecular weight is 366 g/mol. The van der Waals surface area contributed by atoms with Gasteiger partial charge in [0.25, 0.3) is 0 Å². The van der Waals surface area contributed by atoms with Gasteiger partial charge in [0, 0.05) is 23.3 Å². The quantitative estimate of drug-likeness (QED) is 0.469. The Morgan fingerprint density at radius 2 is 1.54 bits per heavy atom. The van der Waals surface area contributed by atoms with Gasteiger partial charge >= 0.3 is 0 Å². The molecule has 3 rings (SSSR count). The predicted octanol–water partition coefficient (Wildman–Crippen LogP) is 6.01. The molecule has 3 aromatic rings. The molecule has 0 aliphatic carbocycles. The summed E-state index contributed by atoms with van der Waals surface area (Å²) in [7, 11) is 0. The molecular formula is C23H24ClNO. The Bertz CT molecular complexity index is 787. The van der Waals surface area contributed by atoms with E-state index in [0.29, 0.717) is 0 Å². The molecule has 0 aromatic heterocycles. The van der Waals surface area contributed by atoms with Crippen molar-refractivity contribution >= 4 is 17.3 Å². The van der Waals surface area contributed by atoms with Gasteiger partial charge in [-0.3, -0.25) is 0 Å². The molecule has 0 heterocycles. The van der Waals surface area contributed by atoms with Gasteiger partial charge in [-0.15, -0.1) is 0 Å². The van der Waals surface area contributed by atoms with Crippen LogP contribution in [0.2, 0.25) is 5.02 Å². The van der Waals surface area contributed by atoms with E-state index in [2.05, 4.69) is 53.8 Å². The molecule has 0 unspecified atom stereocenters. The molecule has 0 radical (unpaired) electrons. The molecule has 0 aliphatic rings. The fourth-order valence-electron chi connectivity index (χ4n) is 2.81. The molecule has 0 aliphatic heterocycles. The number of rotatable bonds is 9. The number of nitrogens with one attached hydrogen (secondary N) is 1. The second-order valence-electron chi connectivity index (χ2n) is 6.27. The molecular weight excluding hydrogens is 342 g/mol. The third kappa shape index (κ3) is 6.12. The molecule has 0 saturated heterocycles. The smallest absolute Gasteiger partial charge is 0.121 e. The van der Waals surface area contributed by atoms with Crippen LogP contribution in [-0.2, 0) is 12.8 Å². The van der Waals surface area contributed by atoms with Crippen LogP contribution in [0.15, 0.2) is 78.9 Å². The second-order valence-corrected chi connectivity index (χ2v) is 6.71. The van der Waals surface area contributed by atoms with Crippen molar-refractivity contribution in [2.45, 2.75) is 19.3 Å². The van der Waals surface area contributed by atoms with Crippen molar-refractivity contribution in [3.63, 3.8) is 0 Å². The molecule has 3 aromatic carbocycles. The van der Waals surface area contributed by atoms with E-state index in [1.54, 1.807) is 0 Å². The molecule has 3 heteroatoms. The number of halogens is 1. The van der Waals surface area contributed by atoms with Crippen LogP contribution in [-0.4, -0.2) is 13.2 Å². The fourth-order valence-corrected chi connectivity index (χ4v) is 2.94. The van der Waals surface area contributed by atoms with Gasteiger partial charge in [0.05, 0.1) is 6.61 Å². The second kappa shape index (κ2) is 9.88. The van der Waals surface area contributed by atoms with Crippen molar-refractivity contribution in [2.24, 2.45) is 0 Å². The number of hydrogen-bond donors (Lipinski definition) is 1. The lowest BCUT2D eigenvalue weighted by atomic mass is 10.1. The number of benzene rings is 3. The minimum absolute atomic E-state index is 0.725. The van der Waals surface area contributed by atoms with Gasteiger partial charge in [0.1, 0.15) is 5.75 Å². The van der Waals surface area contributed by atoms with Gasteiger partial charge in [0.15, 0.2) is 0 Å². The molecule has 0 spiro atoms. The van der Waals surface area contributed by atoms with E-state index in [-0.39, 0.29) is 0 Å². The largest absolute Gasteiger partial charge is 0.494 e. The highest BCUT2D eigenvalue weighted by Gasteiger charge is 1.99. The zero-order chi connectivity index (χ0) is 18.0. The topological polar surface area (TPSA) is 21.3 Å². The van der Waals surface area contributed by atoms with Crippen LogP contribution in [0.1, 0.15) is 17.5 Å². The van der Waals surface area contributed by atoms with E-state index >= 15 is 0 Å². The number of ether oxygens (including phenoxy) is 1. The Kier molecular flexibility index (Phi) is 6.97. The summed E-state index contributed by atoms with van der Waals surface area (Å²) in [5.74, 6) is 0.912. The summed E-state index contributed by atoms with van der Waals surface area (Å²) in [6, 6.07) is 26.7. The monoisotopic (exact) mass is 365 g/mol. The van der Waals surface area contributed by atoms with Gasteiger partial charge in [0.2, 0.25) is 0 Å². The van der Waals surface area contributed by atoms with E-state index in [4.69, 9.17) is 16.3 Å². The zero-order valence-corrected chi connectivity index (χ0v) is 15.6. The van der Waals surface area contributed by atoms with E-state index in [1.807, 2.05) is 30.3 Å². The fraction of sp³-hybridized carbons (Fsp3) is 0.217. The van der Waals surface area contributed by atoms with E-state index in [0.717, 1.165) is 48.9 Å². The summed E-state index contributed by atoms with van der Waals surface area (Å²) in [4.78, 5) is 0. The van der Waals surface area contributed by atoms with Gasteiger partial charge in [-0.2, -0.15) is 0 Å². The lowest BCUT2D eigenvalue weighted by Gasteiger charge is -2.10. The van der Waals surface area contributed by atoms with Gasteiger partial charge < -0.3 is 10.1 Å². The van der Waals surface area contributed by atoms with Crippen molar-refractivity contribution < 1.29 is 4.74 Å². The summed E-state index contributed by atoms with van der Waals surface area (Å²) in [5.41, 5.74) is 3.71. The third-order valence-electron chi connectivity index (χ3n) is 4.21. The summed E-state index contributed by atoms with van der Waals surface area (Å²) < 4.78 is 5.89. The van der Waals surface area contributed by atoms with Crippen LogP contribution in [0.4, 0.5) is 5.69 Å². The van der Waals surface area contributed by atoms with Crippen molar-refractivity contribution in [1.82, 2.24) is 0 Å². The maximum Gasteiger partial charge on any atom is 0.121 e. The molecule has 0 amide bonds. The Balaban J connectivity index is 1.40. The minimum atomic E-state index is 0.725. The van der Waals surface area contributed by atoms with Crippen LogP contribution in [0.5, 0.6) is 5.75 Å². The maximum absolute atomic E-state index is 5.92. The van der Waals surface area contributed by atoms with Crippen molar-refractivity contribution in [3.8, 4) is 5.75 Å². The Morgan fingerprint density at radius 3 is 2.35 bits per heavy atom. The standard InChI is InChI=1S/C23H24ClNO/c24-21-13-11-20(12-14-21)15-16-25-22-9-4-10-23(18-22)26-17-5-8-19-6-2-1-3-7-19/h1-4,6-7,9-14,18,25H,5,8,15-17H2. The molecule has 26 heavy (non-hydrogen) atoms. The number of hydrogen-bond acceptors (Lipinski definition) is 2. The third-order valence-corrected chi connectivity index (χ3v) is 4.46. The van der Waals surface area contributed by atoms with Crippen LogP contribution in [0.3, 0.4) is 0 Å². The Morgan fingerprint density at radius 1 is 0.769 bits per heavy atom. The highest BCUT2D eigenvalue weighted by atomic mass is 35.5. The van der Waals surface area contributed by atoms with Gasteiger partial charge in [-0.05, 0) is 54.7 Å². The highest BCUT2D eigenvalue weighted by molar-refractivity contribution is 6.30. The first-order valence-electron chi connectivity index (χ1n) is 9.05. The summed E-state index contributed by atoms with van der Waals surface area (Å²) >= 11 is 5.92. The van der Waals surface area contributed by atoms with Crippen LogP contribution in [0, 0.1) is 0 Å². The lowest BCUT2D eigenvalue weighted by molar-refractivity contribution is 0.311. The Hall–Kier alpha value is -2.45. The number of anilines is 1. The van der Waals surface area contributed by atoms with E-state index in [1.165, 1.54) is 11.1 Å². The average Bonchev–Trinajstić information content (AvgIpc) is 2.68. The first-order chi connectivity index (χ1) is 12.8. The summed E-state index contributed by atoms with van der Waals surface area (Å²) in [6.07, 6.45) is 3.01. The molecule has 1 N–H and O–H groups in total. The first-order valence-corrected chi connectivity index (χ1v) is 9.42. The molecule has 0 atom stereocenters. The molecule has 0 saturated carbocycles. The predicted molar refractivity (Wildman–Crippen MR) is 110 cm³/mol. The highest BCUT2D eigenvalue weighted by Crippen LogP contribution is 2.18. The summed E-state index contributed by atoms with van der Waals surface area (Å²) in [5, 5.41) is 4.23. The molecule has 0 bridgehead atoms. The Labute approximate surface area is 160 Å². The first kappa shape index (κ1) is 18.3. The van der Waals surface area contributed by atoms with E-state index < -0.39 is 0 Å². The van der Waals surface area contributed by atoms with Crippen molar-refractivity contribution in [1.29, 1.82) is 0 Å². The van der Waals surface area contributed by atoms with Crippen molar-refractivity contribution in [2.75, 3.05) is 18.5 Å². The minimum Gasteiger partial charge on any atom is -0.494 e. The summed E-state index contributed by atoms with van der Waals surface area (Å²) in [6.45, 7) is 1.60. The molecule has 2 nitrogen and oxygen atoms in total. The van der Waals surface area contributed by atoms with Crippen LogP contribution in [0.25, 0.3) is 0 Å². The van der Waals surface area contributed by atoms with Gasteiger partial charge in [-0.1, -0.05) is 60.1 Å². The normalized spacial score (nSPS) is 10.5. The molecule has 0 fully saturated rings. The number of aryl methyl sites for hydroxylation is 1. The molecule has 134 valence electrons. The lowest BCUT2D eigenvalue weighted by Crippen LogP contribution is -2.05. The maximum atomic E-state index is 5.92. The van der Waals surface area contributed by atoms with Gasteiger partial charge in [-0.25, -0.2) is 0 Å². The van der Waals surface area contributed by atoms with Crippen LogP contribution >= 0.6 is 11.6 Å². The van der Waals surface area contributed by atoms with E-state index in [9.17, 15) is 0 Å². The SMILES string of the molecule is Clc1ccc(CCNc2cccc(OCCCc3ccccc3)c2)cc1. The van der Waals surface area contributed by atoms with Crippen LogP contribution < -0.4 is 10.1 Å².